The fourth-order valence-electron chi connectivity index (χ4n) is 2.03. The fraction of sp³-hybridized carbons (Fsp3) is 0.900. The summed E-state index contributed by atoms with van der Waals surface area (Å²) in [6.45, 7) is 1.61. The molecule has 0 radical (unpaired) electrons. The molecule has 1 aliphatic rings. The summed E-state index contributed by atoms with van der Waals surface area (Å²) in [6.07, 6.45) is 4.83. The molecule has 13 heavy (non-hydrogen) atoms. The molecule has 0 aromatic heterocycles. The van der Waals surface area contributed by atoms with Crippen LogP contribution in [0.2, 0.25) is 0 Å². The minimum absolute atomic E-state index is 0.133. The van der Waals surface area contributed by atoms with Crippen molar-refractivity contribution in [3.8, 4) is 0 Å². The Labute approximate surface area is 80.1 Å². The minimum Gasteiger partial charge on any atom is -0.379 e. The monoisotopic (exact) mass is 185 g/mol. The standard InChI is InChI=1S/C10H19NO2/c1-8(12)11(2)9-6-4-5-7-10(9)13-3/h9-10H,4-7H2,1-3H3/t9-,10-/m0/s1. The second kappa shape index (κ2) is 4.61. The molecule has 0 N–H and O–H groups in total. The molecule has 0 aromatic rings. The Hall–Kier alpha value is -0.570. The number of hydrogen-bond donors (Lipinski definition) is 0. The molecular formula is C10H19NO2. The third kappa shape index (κ3) is 2.44. The summed E-state index contributed by atoms with van der Waals surface area (Å²) < 4.78 is 5.38. The van der Waals surface area contributed by atoms with Crippen molar-refractivity contribution in [1.82, 2.24) is 4.90 Å². The van der Waals surface area contributed by atoms with Gasteiger partial charge in [-0.05, 0) is 12.8 Å². The second-order valence-corrected chi connectivity index (χ2v) is 3.76. The Morgan fingerprint density at radius 1 is 1.38 bits per heavy atom. The summed E-state index contributed by atoms with van der Waals surface area (Å²) >= 11 is 0. The largest absolute Gasteiger partial charge is 0.379 e. The van der Waals surface area contributed by atoms with E-state index in [0.29, 0.717) is 0 Å². The quantitative estimate of drug-likeness (QED) is 0.651. The van der Waals surface area contributed by atoms with Crippen molar-refractivity contribution in [3.63, 3.8) is 0 Å². The zero-order valence-electron chi connectivity index (χ0n) is 8.75. The third-order valence-corrected chi connectivity index (χ3v) is 2.96. The van der Waals surface area contributed by atoms with Crippen LogP contribution < -0.4 is 0 Å². The number of hydrogen-bond acceptors (Lipinski definition) is 2. The molecule has 0 spiro atoms. The first kappa shape index (κ1) is 10.5. The average Bonchev–Trinajstić information content (AvgIpc) is 2.16. The second-order valence-electron chi connectivity index (χ2n) is 3.76. The van der Waals surface area contributed by atoms with E-state index in [2.05, 4.69) is 0 Å². The molecule has 1 rings (SSSR count). The predicted octanol–water partition coefficient (Wildman–Crippen LogP) is 1.42. The molecule has 1 saturated carbocycles. The lowest BCUT2D eigenvalue weighted by Crippen LogP contribution is -2.46. The van der Waals surface area contributed by atoms with E-state index in [1.54, 1.807) is 14.0 Å². The van der Waals surface area contributed by atoms with Crippen LogP contribution in [0, 0.1) is 0 Å². The first-order chi connectivity index (χ1) is 6.16. The van der Waals surface area contributed by atoms with Crippen LogP contribution in [-0.4, -0.2) is 37.1 Å². The first-order valence-electron chi connectivity index (χ1n) is 4.93. The number of likely N-dealkylation sites (N-methyl/N-ethyl adjacent to an activating group) is 1. The van der Waals surface area contributed by atoms with Crippen LogP contribution in [0.4, 0.5) is 0 Å². The van der Waals surface area contributed by atoms with Gasteiger partial charge in [-0.2, -0.15) is 0 Å². The van der Waals surface area contributed by atoms with Gasteiger partial charge in [-0.25, -0.2) is 0 Å². The fourth-order valence-corrected chi connectivity index (χ4v) is 2.03. The van der Waals surface area contributed by atoms with Gasteiger partial charge in [0.25, 0.3) is 0 Å². The Morgan fingerprint density at radius 2 is 2.00 bits per heavy atom. The molecule has 1 fully saturated rings. The lowest BCUT2D eigenvalue weighted by Gasteiger charge is -2.36. The summed E-state index contributed by atoms with van der Waals surface area (Å²) in [5.41, 5.74) is 0. The van der Waals surface area contributed by atoms with Gasteiger partial charge >= 0.3 is 0 Å². The Balaban J connectivity index is 2.58. The molecular weight excluding hydrogens is 166 g/mol. The SMILES string of the molecule is CO[C@H]1CCCC[C@@H]1N(C)C(C)=O. The van der Waals surface area contributed by atoms with Gasteiger partial charge in [0.2, 0.25) is 5.91 Å². The van der Waals surface area contributed by atoms with E-state index >= 15 is 0 Å². The Kier molecular flexibility index (Phi) is 3.72. The number of amides is 1. The van der Waals surface area contributed by atoms with Crippen molar-refractivity contribution in [1.29, 1.82) is 0 Å². The van der Waals surface area contributed by atoms with Gasteiger partial charge in [0.15, 0.2) is 0 Å². The van der Waals surface area contributed by atoms with Crippen LogP contribution in [0.25, 0.3) is 0 Å². The molecule has 1 aliphatic carbocycles. The zero-order chi connectivity index (χ0) is 9.84. The van der Waals surface area contributed by atoms with Crippen LogP contribution >= 0.6 is 0 Å². The Morgan fingerprint density at radius 3 is 2.54 bits per heavy atom. The molecule has 0 heterocycles. The van der Waals surface area contributed by atoms with E-state index in [9.17, 15) is 4.79 Å². The van der Waals surface area contributed by atoms with Crippen LogP contribution in [0.15, 0.2) is 0 Å². The van der Waals surface area contributed by atoms with Crippen molar-refractivity contribution < 1.29 is 9.53 Å². The number of nitrogens with zero attached hydrogens (tertiary/aromatic N) is 1. The highest BCUT2D eigenvalue weighted by Crippen LogP contribution is 2.24. The van der Waals surface area contributed by atoms with Gasteiger partial charge in [-0.3, -0.25) is 4.79 Å². The van der Waals surface area contributed by atoms with Crippen LogP contribution in [0.3, 0.4) is 0 Å². The summed E-state index contributed by atoms with van der Waals surface area (Å²) in [4.78, 5) is 13.0. The lowest BCUT2D eigenvalue weighted by atomic mass is 9.91. The molecule has 0 aliphatic heterocycles. The molecule has 0 aromatic carbocycles. The highest BCUT2D eigenvalue weighted by molar-refractivity contribution is 5.73. The van der Waals surface area contributed by atoms with Crippen LogP contribution in [0.5, 0.6) is 0 Å². The first-order valence-corrected chi connectivity index (χ1v) is 4.93. The molecule has 0 unspecified atom stereocenters. The molecule has 3 heteroatoms. The van der Waals surface area contributed by atoms with Gasteiger partial charge in [0.05, 0.1) is 12.1 Å². The summed E-state index contributed by atoms with van der Waals surface area (Å²) in [7, 11) is 3.60. The zero-order valence-corrected chi connectivity index (χ0v) is 8.75. The number of carbonyl (C=O) groups is 1. The third-order valence-electron chi connectivity index (χ3n) is 2.96. The van der Waals surface area contributed by atoms with Crippen LogP contribution in [-0.2, 0) is 9.53 Å². The van der Waals surface area contributed by atoms with E-state index in [0.717, 1.165) is 12.8 Å². The maximum absolute atomic E-state index is 11.2. The summed E-state index contributed by atoms with van der Waals surface area (Å²) in [5, 5.41) is 0. The lowest BCUT2D eigenvalue weighted by molar-refractivity contribution is -0.133. The van der Waals surface area contributed by atoms with Gasteiger partial charge in [0, 0.05) is 21.1 Å². The molecule has 0 bridgehead atoms. The normalized spacial score (nSPS) is 28.5. The molecule has 2 atom stereocenters. The number of carbonyl (C=O) groups excluding carboxylic acids is 1. The average molecular weight is 185 g/mol. The molecule has 3 nitrogen and oxygen atoms in total. The maximum Gasteiger partial charge on any atom is 0.219 e. The van der Waals surface area contributed by atoms with Gasteiger partial charge < -0.3 is 9.64 Å². The predicted molar refractivity (Wildman–Crippen MR) is 51.5 cm³/mol. The van der Waals surface area contributed by atoms with Crippen molar-refractivity contribution in [2.75, 3.05) is 14.2 Å². The van der Waals surface area contributed by atoms with Gasteiger partial charge in [-0.15, -0.1) is 0 Å². The molecule has 76 valence electrons. The summed E-state index contributed by atoms with van der Waals surface area (Å²) in [5.74, 6) is 0.133. The minimum atomic E-state index is 0.133. The van der Waals surface area contributed by atoms with E-state index in [4.69, 9.17) is 4.74 Å². The van der Waals surface area contributed by atoms with Crippen molar-refractivity contribution in [2.45, 2.75) is 44.8 Å². The number of rotatable bonds is 2. The van der Waals surface area contributed by atoms with Crippen molar-refractivity contribution in [3.05, 3.63) is 0 Å². The smallest absolute Gasteiger partial charge is 0.219 e. The van der Waals surface area contributed by atoms with E-state index in [-0.39, 0.29) is 18.1 Å². The van der Waals surface area contributed by atoms with Crippen molar-refractivity contribution in [2.24, 2.45) is 0 Å². The highest BCUT2D eigenvalue weighted by Gasteiger charge is 2.29. The topological polar surface area (TPSA) is 29.5 Å². The van der Waals surface area contributed by atoms with Gasteiger partial charge in [-0.1, -0.05) is 12.8 Å². The van der Waals surface area contributed by atoms with E-state index in [1.165, 1.54) is 12.8 Å². The maximum atomic E-state index is 11.2. The van der Waals surface area contributed by atoms with Crippen LogP contribution in [0.1, 0.15) is 32.6 Å². The highest BCUT2D eigenvalue weighted by atomic mass is 16.5. The number of methoxy groups -OCH3 is 1. The summed E-state index contributed by atoms with van der Waals surface area (Å²) in [6, 6.07) is 0.288. The van der Waals surface area contributed by atoms with Crippen molar-refractivity contribution >= 4 is 5.91 Å². The Bertz CT molecular complexity index is 182. The van der Waals surface area contributed by atoms with Gasteiger partial charge in [0.1, 0.15) is 0 Å². The number of ether oxygens (including phenoxy) is 1. The molecule has 1 amide bonds. The van der Waals surface area contributed by atoms with E-state index in [1.807, 2.05) is 11.9 Å². The van der Waals surface area contributed by atoms with E-state index < -0.39 is 0 Å². The molecule has 0 saturated heterocycles.